The normalized spacial score (nSPS) is 31.3. The summed E-state index contributed by atoms with van der Waals surface area (Å²) in [6.07, 6.45) is 2.47. The molecule has 0 amide bonds. The highest BCUT2D eigenvalue weighted by molar-refractivity contribution is 6.11. The van der Waals surface area contributed by atoms with E-state index in [1.165, 1.54) is 0 Å². The second-order valence-electron chi connectivity index (χ2n) is 4.72. The predicted molar refractivity (Wildman–Crippen MR) is 62.6 cm³/mol. The van der Waals surface area contributed by atoms with Gasteiger partial charge in [0, 0.05) is 6.00 Å². The van der Waals surface area contributed by atoms with E-state index in [4.69, 9.17) is 14.2 Å². The van der Waals surface area contributed by atoms with Crippen molar-refractivity contribution in [3.63, 3.8) is 0 Å². The molecule has 0 aliphatic carbocycles. The molecule has 1 aliphatic heterocycles. The summed E-state index contributed by atoms with van der Waals surface area (Å²) in [4.78, 5) is 0. The molecule has 3 atom stereocenters. The molecule has 4 heteroatoms. The van der Waals surface area contributed by atoms with Gasteiger partial charge in [0.1, 0.15) is 14.6 Å². The lowest BCUT2D eigenvalue weighted by atomic mass is 9.96. The topological polar surface area (TPSA) is 27.7 Å². The van der Waals surface area contributed by atoms with E-state index in [0.717, 1.165) is 19.4 Å². The molecule has 0 N–H and O–H groups in total. The van der Waals surface area contributed by atoms with Gasteiger partial charge in [0.15, 0.2) is 0 Å². The molecular weight excluding hydrogens is 191 g/mol. The average molecular weight is 214 g/mol. The summed E-state index contributed by atoms with van der Waals surface area (Å²) < 4.78 is 16.8. The second kappa shape index (κ2) is 6.51. The third-order valence-corrected chi connectivity index (χ3v) is 2.61. The van der Waals surface area contributed by atoms with Crippen molar-refractivity contribution in [1.29, 1.82) is 0 Å². The molecule has 0 spiro atoms. The van der Waals surface area contributed by atoms with Gasteiger partial charge in [-0.1, -0.05) is 20.8 Å². The fraction of sp³-hybridized carbons (Fsp3) is 1.00. The Kier molecular flexibility index (Phi) is 5.65. The fourth-order valence-electron chi connectivity index (χ4n) is 1.87. The zero-order chi connectivity index (χ0) is 11.3. The second-order valence-corrected chi connectivity index (χ2v) is 4.72. The van der Waals surface area contributed by atoms with Crippen LogP contribution < -0.4 is 0 Å². The lowest BCUT2D eigenvalue weighted by Crippen LogP contribution is -2.25. The quantitative estimate of drug-likeness (QED) is 0.377. The van der Waals surface area contributed by atoms with Gasteiger partial charge in [-0.25, -0.2) is 0 Å². The first-order valence-electron chi connectivity index (χ1n) is 5.98. The summed E-state index contributed by atoms with van der Waals surface area (Å²) in [5.74, 6) is 0.564. The van der Waals surface area contributed by atoms with Crippen molar-refractivity contribution in [1.82, 2.24) is 0 Å². The summed E-state index contributed by atoms with van der Waals surface area (Å²) in [6.45, 7) is 7.56. The van der Waals surface area contributed by atoms with Gasteiger partial charge in [-0.15, -0.1) is 0 Å². The maximum absolute atomic E-state index is 5.72. The van der Waals surface area contributed by atoms with Gasteiger partial charge < -0.3 is 14.2 Å². The minimum Gasteiger partial charge on any atom is -0.381 e. The lowest BCUT2D eigenvalue weighted by Gasteiger charge is -2.17. The molecule has 0 aromatic carbocycles. The van der Waals surface area contributed by atoms with Crippen molar-refractivity contribution in [2.75, 3.05) is 13.4 Å². The first-order chi connectivity index (χ1) is 7.13. The van der Waals surface area contributed by atoms with Gasteiger partial charge in [-0.3, -0.25) is 0 Å². The van der Waals surface area contributed by atoms with Gasteiger partial charge in [-0.05, 0) is 18.8 Å². The van der Waals surface area contributed by atoms with E-state index in [0.29, 0.717) is 18.7 Å². The molecule has 0 bridgehead atoms. The summed E-state index contributed by atoms with van der Waals surface area (Å²) in [6, 6.07) is 0.324. The van der Waals surface area contributed by atoms with Crippen LogP contribution in [0.3, 0.4) is 0 Å². The van der Waals surface area contributed by atoms with Gasteiger partial charge >= 0.3 is 0 Å². The van der Waals surface area contributed by atoms with Crippen LogP contribution in [0.4, 0.5) is 0 Å². The highest BCUT2D eigenvalue weighted by Crippen LogP contribution is 2.23. The molecule has 0 aromatic rings. The Hall–Kier alpha value is -0.0551. The summed E-state index contributed by atoms with van der Waals surface area (Å²) in [7, 11) is 2.10. The highest BCUT2D eigenvalue weighted by Gasteiger charge is 2.32. The Labute approximate surface area is 93.9 Å². The SMILES string of the molecule is B[C@H]1CC(OCOCC(C)C)[C@@H](CC)O1. The van der Waals surface area contributed by atoms with E-state index in [1.807, 2.05) is 0 Å². The first kappa shape index (κ1) is 13.0. The molecule has 15 heavy (non-hydrogen) atoms. The van der Waals surface area contributed by atoms with Gasteiger partial charge in [0.25, 0.3) is 0 Å². The van der Waals surface area contributed by atoms with Crippen LogP contribution in [0.25, 0.3) is 0 Å². The average Bonchev–Trinajstić information content (AvgIpc) is 2.53. The van der Waals surface area contributed by atoms with Crippen molar-refractivity contribution < 1.29 is 14.2 Å². The van der Waals surface area contributed by atoms with Crippen molar-refractivity contribution in [3.8, 4) is 0 Å². The van der Waals surface area contributed by atoms with E-state index in [-0.39, 0.29) is 12.2 Å². The standard InChI is InChI=1S/C11H23BO3/c1-4-9-10(5-11(12)15-9)14-7-13-6-8(2)3/h8-11H,4-7,12H2,1-3H3/t9-,10?,11-/m1/s1. The molecular formula is C11H23BO3. The van der Waals surface area contributed by atoms with Crippen LogP contribution in [0.15, 0.2) is 0 Å². The molecule has 3 nitrogen and oxygen atoms in total. The predicted octanol–water partition coefficient (Wildman–Crippen LogP) is 1.16. The van der Waals surface area contributed by atoms with Gasteiger partial charge in [-0.2, -0.15) is 0 Å². The molecule has 1 saturated heterocycles. The minimum atomic E-state index is 0.220. The molecule has 1 aliphatic rings. The smallest absolute Gasteiger partial charge is 0.147 e. The van der Waals surface area contributed by atoms with Crippen LogP contribution in [0.1, 0.15) is 33.6 Å². The van der Waals surface area contributed by atoms with Gasteiger partial charge in [0.2, 0.25) is 0 Å². The minimum absolute atomic E-state index is 0.220. The Morgan fingerprint density at radius 3 is 2.80 bits per heavy atom. The van der Waals surface area contributed by atoms with E-state index in [9.17, 15) is 0 Å². The Morgan fingerprint density at radius 1 is 1.47 bits per heavy atom. The summed E-state index contributed by atoms with van der Waals surface area (Å²) in [5, 5.41) is 0. The highest BCUT2D eigenvalue weighted by atomic mass is 16.7. The van der Waals surface area contributed by atoms with Crippen molar-refractivity contribution >= 4 is 7.85 Å². The number of ether oxygens (including phenoxy) is 3. The zero-order valence-electron chi connectivity index (χ0n) is 10.4. The fourth-order valence-corrected chi connectivity index (χ4v) is 1.87. The summed E-state index contributed by atoms with van der Waals surface area (Å²) >= 11 is 0. The van der Waals surface area contributed by atoms with E-state index < -0.39 is 0 Å². The van der Waals surface area contributed by atoms with Crippen molar-refractivity contribution in [3.05, 3.63) is 0 Å². The number of rotatable bonds is 6. The monoisotopic (exact) mass is 214 g/mol. The molecule has 0 saturated carbocycles. The van der Waals surface area contributed by atoms with E-state index >= 15 is 0 Å². The van der Waals surface area contributed by atoms with Crippen LogP contribution in [0.2, 0.25) is 0 Å². The van der Waals surface area contributed by atoms with Crippen LogP contribution in [0.5, 0.6) is 0 Å². The molecule has 1 unspecified atom stereocenters. The largest absolute Gasteiger partial charge is 0.381 e. The third-order valence-electron chi connectivity index (χ3n) is 2.61. The third kappa shape index (κ3) is 4.54. The lowest BCUT2D eigenvalue weighted by molar-refractivity contribution is -0.112. The molecule has 1 fully saturated rings. The molecule has 88 valence electrons. The Morgan fingerprint density at radius 2 is 2.20 bits per heavy atom. The molecule has 0 radical (unpaired) electrons. The molecule has 1 rings (SSSR count). The Balaban J connectivity index is 2.14. The van der Waals surface area contributed by atoms with Crippen LogP contribution in [-0.2, 0) is 14.2 Å². The first-order valence-corrected chi connectivity index (χ1v) is 5.98. The van der Waals surface area contributed by atoms with Crippen LogP contribution in [0, 0.1) is 5.92 Å². The number of hydrogen-bond donors (Lipinski definition) is 0. The molecule has 0 aromatic heterocycles. The Bertz CT molecular complexity index is 175. The van der Waals surface area contributed by atoms with Crippen molar-refractivity contribution in [2.24, 2.45) is 5.92 Å². The van der Waals surface area contributed by atoms with Crippen molar-refractivity contribution in [2.45, 2.75) is 51.8 Å². The number of hydrogen-bond acceptors (Lipinski definition) is 3. The zero-order valence-corrected chi connectivity index (χ0v) is 10.4. The maximum atomic E-state index is 5.72. The maximum Gasteiger partial charge on any atom is 0.147 e. The van der Waals surface area contributed by atoms with E-state index in [2.05, 4.69) is 28.6 Å². The van der Waals surface area contributed by atoms with Crippen LogP contribution in [-0.4, -0.2) is 39.5 Å². The van der Waals surface area contributed by atoms with Gasteiger partial charge in [0.05, 0.1) is 18.8 Å². The summed E-state index contributed by atoms with van der Waals surface area (Å²) in [5.41, 5.74) is 0. The van der Waals surface area contributed by atoms with Crippen LogP contribution >= 0.6 is 0 Å². The van der Waals surface area contributed by atoms with E-state index in [1.54, 1.807) is 0 Å². The molecule has 1 heterocycles.